The molecule has 1 aliphatic heterocycles. The molecule has 3 heterocycles. The number of carbonyl (C=O) groups is 3. The van der Waals surface area contributed by atoms with E-state index in [0.29, 0.717) is 22.6 Å². The van der Waals surface area contributed by atoms with E-state index in [1.54, 1.807) is 109 Å². The smallest absolute Gasteiger partial charge is 0.338 e. The Morgan fingerprint density at radius 2 is 1.35 bits per heavy atom. The first-order chi connectivity index (χ1) is 25.3. The van der Waals surface area contributed by atoms with Crippen LogP contribution in [0.2, 0.25) is 0 Å². The summed E-state index contributed by atoms with van der Waals surface area (Å²) in [5.41, 5.74) is 1.88. The highest BCUT2D eigenvalue weighted by Crippen LogP contribution is 2.35. The van der Waals surface area contributed by atoms with Crippen molar-refractivity contribution in [3.63, 3.8) is 0 Å². The lowest BCUT2D eigenvalue weighted by Gasteiger charge is -2.24. The number of esters is 3. The van der Waals surface area contributed by atoms with E-state index in [2.05, 4.69) is 10.3 Å². The van der Waals surface area contributed by atoms with Crippen LogP contribution in [0.4, 0.5) is 0 Å². The van der Waals surface area contributed by atoms with Crippen molar-refractivity contribution >= 4 is 28.9 Å². The Morgan fingerprint density at radius 3 is 1.98 bits per heavy atom. The number of ether oxygens (including phenoxy) is 5. The minimum atomic E-state index is -1.26. The standard InChI is InChI=1S/C39H31N3O10/c1-24-19-33(43)49-31-20-29(17-18-30(24)31)47-22-28-21-42(41-40-28)36-35(52-39(46)27-15-9-4-10-16-27)34(51-38(45)26-13-7-3-8-14-26)32(50-36)23-48-37(44)25-11-5-2-6-12-25/h2-21,32,34-36H,22-23H2,1H3/t32-,34-,35-,36-/m1/s1. The summed E-state index contributed by atoms with van der Waals surface area (Å²) in [5.74, 6) is -1.61. The maximum absolute atomic E-state index is 13.4. The summed E-state index contributed by atoms with van der Waals surface area (Å²) < 4.78 is 36.5. The maximum atomic E-state index is 13.4. The van der Waals surface area contributed by atoms with Crippen molar-refractivity contribution in [1.82, 2.24) is 15.0 Å². The van der Waals surface area contributed by atoms with Crippen molar-refractivity contribution in [2.24, 2.45) is 0 Å². The molecule has 52 heavy (non-hydrogen) atoms. The predicted molar refractivity (Wildman–Crippen MR) is 184 cm³/mol. The van der Waals surface area contributed by atoms with Gasteiger partial charge in [0.25, 0.3) is 0 Å². The largest absolute Gasteiger partial charge is 0.487 e. The van der Waals surface area contributed by atoms with Gasteiger partial charge in [0.1, 0.15) is 36.3 Å². The van der Waals surface area contributed by atoms with Crippen LogP contribution in [0.3, 0.4) is 0 Å². The van der Waals surface area contributed by atoms with Gasteiger partial charge in [-0.2, -0.15) is 0 Å². The number of aromatic nitrogens is 3. The summed E-state index contributed by atoms with van der Waals surface area (Å²) in [6.07, 6.45) is -3.22. The number of fused-ring (bicyclic) bond motifs is 1. The third-order valence-corrected chi connectivity index (χ3v) is 8.31. The Labute approximate surface area is 296 Å². The molecular weight excluding hydrogens is 670 g/mol. The Kier molecular flexibility index (Phi) is 9.84. The molecular formula is C39H31N3O10. The lowest BCUT2D eigenvalue weighted by atomic mass is 10.1. The molecule has 1 aliphatic rings. The van der Waals surface area contributed by atoms with E-state index in [9.17, 15) is 19.2 Å². The number of hydrogen-bond acceptors (Lipinski definition) is 12. The van der Waals surface area contributed by atoms with Gasteiger partial charge in [-0.05, 0) is 61.0 Å². The molecule has 0 spiro atoms. The highest BCUT2D eigenvalue weighted by atomic mass is 16.7. The molecule has 1 fully saturated rings. The van der Waals surface area contributed by atoms with Crippen LogP contribution in [0.25, 0.3) is 11.0 Å². The van der Waals surface area contributed by atoms with Gasteiger partial charge in [0.05, 0.1) is 22.9 Å². The van der Waals surface area contributed by atoms with Gasteiger partial charge in [-0.25, -0.2) is 23.9 Å². The summed E-state index contributed by atoms with van der Waals surface area (Å²) >= 11 is 0. The third-order valence-electron chi connectivity index (χ3n) is 8.31. The maximum Gasteiger partial charge on any atom is 0.338 e. The monoisotopic (exact) mass is 701 g/mol. The summed E-state index contributed by atoms with van der Waals surface area (Å²) in [5, 5.41) is 9.21. The zero-order valence-corrected chi connectivity index (χ0v) is 27.7. The van der Waals surface area contributed by atoms with E-state index < -0.39 is 48.1 Å². The van der Waals surface area contributed by atoms with Gasteiger partial charge in [-0.3, -0.25) is 0 Å². The van der Waals surface area contributed by atoms with Gasteiger partial charge in [0.15, 0.2) is 18.4 Å². The molecule has 13 nitrogen and oxygen atoms in total. The van der Waals surface area contributed by atoms with Crippen molar-refractivity contribution in [2.75, 3.05) is 6.61 Å². The highest BCUT2D eigenvalue weighted by Gasteiger charge is 2.52. The van der Waals surface area contributed by atoms with Gasteiger partial charge in [0.2, 0.25) is 0 Å². The molecule has 7 rings (SSSR count). The molecule has 0 bridgehead atoms. The predicted octanol–water partition coefficient (Wildman–Crippen LogP) is 5.48. The number of benzene rings is 4. The second-order valence-corrected chi connectivity index (χ2v) is 11.9. The molecule has 4 aromatic carbocycles. The Hall–Kier alpha value is -6.60. The molecule has 0 radical (unpaired) electrons. The topological polar surface area (TPSA) is 158 Å². The van der Waals surface area contributed by atoms with Gasteiger partial charge in [0, 0.05) is 17.5 Å². The van der Waals surface area contributed by atoms with E-state index in [1.165, 1.54) is 16.9 Å². The first-order valence-electron chi connectivity index (χ1n) is 16.3. The van der Waals surface area contributed by atoms with Gasteiger partial charge < -0.3 is 28.1 Å². The van der Waals surface area contributed by atoms with E-state index in [1.807, 2.05) is 6.92 Å². The molecule has 13 heteroatoms. The van der Waals surface area contributed by atoms with Crippen LogP contribution >= 0.6 is 0 Å². The molecule has 2 aromatic heterocycles. The lowest BCUT2D eigenvalue weighted by Crippen LogP contribution is -2.41. The molecule has 0 N–H and O–H groups in total. The first kappa shape index (κ1) is 33.9. The number of hydrogen-bond donors (Lipinski definition) is 0. The Bertz CT molecular complexity index is 2260. The van der Waals surface area contributed by atoms with Crippen LogP contribution in [-0.2, 0) is 25.6 Å². The first-order valence-corrected chi connectivity index (χ1v) is 16.3. The SMILES string of the molecule is Cc1cc(=O)oc2cc(OCc3cn([C@@H]4O[C@H](COC(=O)c5ccccc5)[C@@H](OC(=O)c5ccccc5)[C@H]4OC(=O)c4ccccc4)nn3)ccc12. The zero-order valence-electron chi connectivity index (χ0n) is 27.7. The fraction of sp³-hybridized carbons (Fsp3) is 0.179. The van der Waals surface area contributed by atoms with Crippen molar-refractivity contribution in [1.29, 1.82) is 0 Å². The van der Waals surface area contributed by atoms with Crippen LogP contribution < -0.4 is 10.4 Å². The normalized spacial score (nSPS) is 18.1. The molecule has 262 valence electrons. The average molecular weight is 702 g/mol. The van der Waals surface area contributed by atoms with E-state index in [-0.39, 0.29) is 24.3 Å². The van der Waals surface area contributed by atoms with Crippen LogP contribution in [-0.4, -0.2) is 57.8 Å². The number of rotatable bonds is 11. The van der Waals surface area contributed by atoms with E-state index in [0.717, 1.165) is 10.9 Å². The molecule has 0 amide bonds. The second-order valence-electron chi connectivity index (χ2n) is 11.9. The second kappa shape index (κ2) is 15.1. The van der Waals surface area contributed by atoms with Gasteiger partial charge in [-0.1, -0.05) is 59.8 Å². The molecule has 0 aliphatic carbocycles. The number of carbonyl (C=O) groups excluding carboxylic acids is 3. The quantitative estimate of drug-likeness (QED) is 0.0953. The summed E-state index contributed by atoms with van der Waals surface area (Å²) in [6, 6.07) is 31.5. The minimum Gasteiger partial charge on any atom is -0.487 e. The lowest BCUT2D eigenvalue weighted by molar-refractivity contribution is -0.0678. The van der Waals surface area contributed by atoms with Gasteiger partial charge in [-0.15, -0.1) is 5.10 Å². The van der Waals surface area contributed by atoms with Crippen molar-refractivity contribution in [3.05, 3.63) is 160 Å². The summed E-state index contributed by atoms with van der Waals surface area (Å²) in [6.45, 7) is 1.43. The van der Waals surface area contributed by atoms with Crippen LogP contribution in [0.5, 0.6) is 5.75 Å². The Balaban J connectivity index is 1.16. The summed E-state index contributed by atoms with van der Waals surface area (Å²) in [7, 11) is 0. The molecule has 6 aromatic rings. The Morgan fingerprint density at radius 1 is 0.750 bits per heavy atom. The minimum absolute atomic E-state index is 0.0344. The zero-order chi connectivity index (χ0) is 36.0. The van der Waals surface area contributed by atoms with Crippen LogP contribution in [0.1, 0.15) is 48.6 Å². The van der Waals surface area contributed by atoms with Gasteiger partial charge >= 0.3 is 23.5 Å². The van der Waals surface area contributed by atoms with Crippen LogP contribution in [0, 0.1) is 6.92 Å². The van der Waals surface area contributed by atoms with E-state index >= 15 is 0 Å². The van der Waals surface area contributed by atoms with Crippen molar-refractivity contribution < 1.29 is 42.5 Å². The number of aryl methyl sites for hydroxylation is 1. The fourth-order valence-corrected chi connectivity index (χ4v) is 5.73. The molecule has 1 saturated heterocycles. The average Bonchev–Trinajstić information content (AvgIpc) is 3.78. The summed E-state index contributed by atoms with van der Waals surface area (Å²) in [4.78, 5) is 51.6. The number of nitrogens with zero attached hydrogens (tertiary/aromatic N) is 3. The van der Waals surface area contributed by atoms with Crippen LogP contribution in [0.15, 0.2) is 131 Å². The fourth-order valence-electron chi connectivity index (χ4n) is 5.73. The molecule has 0 unspecified atom stereocenters. The van der Waals surface area contributed by atoms with E-state index in [4.69, 9.17) is 28.1 Å². The van der Waals surface area contributed by atoms with Crippen molar-refractivity contribution in [2.45, 2.75) is 38.1 Å². The molecule has 4 atom stereocenters. The molecule has 0 saturated carbocycles. The third kappa shape index (κ3) is 7.59. The highest BCUT2D eigenvalue weighted by molar-refractivity contribution is 5.91. The van der Waals surface area contributed by atoms with Crippen molar-refractivity contribution in [3.8, 4) is 5.75 Å².